The van der Waals surface area contributed by atoms with Gasteiger partial charge in [0.2, 0.25) is 5.91 Å². The Balaban J connectivity index is 1.96. The fourth-order valence-electron chi connectivity index (χ4n) is 1.97. The summed E-state index contributed by atoms with van der Waals surface area (Å²) in [6.07, 6.45) is 0.252. The predicted octanol–water partition coefficient (Wildman–Crippen LogP) is 0.915. The van der Waals surface area contributed by atoms with Gasteiger partial charge in [0.05, 0.1) is 59.3 Å². The number of anilines is 1. The van der Waals surface area contributed by atoms with Crippen molar-refractivity contribution < 1.29 is 23.7 Å². The number of rotatable bonds is 15. The lowest BCUT2D eigenvalue weighted by Gasteiger charge is -2.08. The lowest BCUT2D eigenvalue weighted by Crippen LogP contribution is -2.16. The van der Waals surface area contributed by atoms with Crippen molar-refractivity contribution in [2.24, 2.45) is 5.73 Å². The second kappa shape index (κ2) is 16.7. The van der Waals surface area contributed by atoms with Crippen LogP contribution in [0.2, 0.25) is 0 Å². The number of nitrogens with two attached hydrogens (primary N) is 1. The van der Waals surface area contributed by atoms with E-state index in [1.54, 1.807) is 30.3 Å². The summed E-state index contributed by atoms with van der Waals surface area (Å²) in [4.78, 5) is 11.8. The van der Waals surface area contributed by atoms with Crippen molar-refractivity contribution in [2.75, 3.05) is 64.7 Å². The Hall–Kier alpha value is -2.46. The van der Waals surface area contributed by atoms with Crippen LogP contribution in [0.5, 0.6) is 0 Å². The van der Waals surface area contributed by atoms with E-state index in [-0.39, 0.29) is 12.3 Å². The highest BCUT2D eigenvalue weighted by molar-refractivity contribution is 5.90. The van der Waals surface area contributed by atoms with E-state index in [2.05, 4.69) is 17.2 Å². The first-order valence-electron chi connectivity index (χ1n) is 9.07. The van der Waals surface area contributed by atoms with Crippen LogP contribution in [0.25, 0.3) is 0 Å². The number of hydrogen-bond donors (Lipinski definition) is 2. The molecule has 3 N–H and O–H groups in total. The fourth-order valence-corrected chi connectivity index (χ4v) is 1.97. The number of nitrogens with one attached hydrogen (secondary N) is 1. The first kappa shape index (κ1) is 23.6. The average molecular weight is 389 g/mol. The number of ether oxygens (including phenoxy) is 4. The number of carbonyl (C=O) groups excluding carboxylic acids is 1. The number of amides is 1. The molecule has 0 spiro atoms. The van der Waals surface area contributed by atoms with Crippen molar-refractivity contribution in [3.8, 4) is 17.9 Å². The van der Waals surface area contributed by atoms with Gasteiger partial charge < -0.3 is 30.0 Å². The summed E-state index contributed by atoms with van der Waals surface area (Å²) in [7, 11) is 0. The molecule has 0 radical (unpaired) electrons. The summed E-state index contributed by atoms with van der Waals surface area (Å²) in [5.74, 6) is 4.86. The van der Waals surface area contributed by atoms with E-state index in [1.165, 1.54) is 0 Å². The molecule has 8 nitrogen and oxygen atoms in total. The van der Waals surface area contributed by atoms with Crippen LogP contribution in [0.15, 0.2) is 24.3 Å². The Morgan fingerprint density at radius 3 is 1.96 bits per heavy atom. The fraction of sp³-hybridized carbons (Fsp3) is 0.500. The van der Waals surface area contributed by atoms with Crippen LogP contribution in [0.4, 0.5) is 5.69 Å². The highest BCUT2D eigenvalue weighted by Crippen LogP contribution is 2.09. The zero-order valence-electron chi connectivity index (χ0n) is 15.9. The zero-order chi connectivity index (χ0) is 20.3. The minimum atomic E-state index is -0.137. The standard InChI is InChI=1S/C20H27N3O5/c21-8-1-2-18-3-5-19(6-4-18)23-20(24)7-10-25-12-14-27-16-17-28-15-13-26-11-9-22/h3-6H,7,9-17,22H2,(H,23,24). The lowest BCUT2D eigenvalue weighted by atomic mass is 10.2. The molecule has 0 atom stereocenters. The summed E-state index contributed by atoms with van der Waals surface area (Å²) in [5, 5.41) is 11.2. The number of nitrogens with zero attached hydrogens (tertiary/aromatic N) is 1. The van der Waals surface area contributed by atoms with Crippen LogP contribution in [-0.4, -0.2) is 65.3 Å². The highest BCUT2D eigenvalue weighted by Gasteiger charge is 2.02. The molecule has 152 valence electrons. The molecule has 1 aromatic rings. The van der Waals surface area contributed by atoms with Crippen molar-refractivity contribution in [1.82, 2.24) is 0 Å². The smallest absolute Gasteiger partial charge is 0.226 e. The van der Waals surface area contributed by atoms with Gasteiger partial charge in [-0.1, -0.05) is 5.92 Å². The molecular formula is C20H27N3O5. The van der Waals surface area contributed by atoms with E-state index in [4.69, 9.17) is 29.9 Å². The lowest BCUT2D eigenvalue weighted by molar-refractivity contribution is -0.117. The number of carbonyl (C=O) groups is 1. The third-order valence-corrected chi connectivity index (χ3v) is 3.28. The summed E-state index contributed by atoms with van der Waals surface area (Å²) in [6, 6.07) is 8.71. The van der Waals surface area contributed by atoms with Gasteiger partial charge in [0.15, 0.2) is 6.07 Å². The topological polar surface area (TPSA) is 116 Å². The van der Waals surface area contributed by atoms with Crippen molar-refractivity contribution in [2.45, 2.75) is 6.42 Å². The van der Waals surface area contributed by atoms with E-state index < -0.39 is 0 Å². The molecule has 0 aliphatic rings. The van der Waals surface area contributed by atoms with Gasteiger partial charge in [-0.2, -0.15) is 5.26 Å². The molecule has 0 fully saturated rings. The Labute approximate surface area is 165 Å². The minimum absolute atomic E-state index is 0.137. The molecule has 0 bridgehead atoms. The maximum atomic E-state index is 11.8. The van der Waals surface area contributed by atoms with E-state index in [1.807, 2.05) is 0 Å². The molecule has 0 saturated heterocycles. The number of hydrogen-bond acceptors (Lipinski definition) is 7. The third kappa shape index (κ3) is 12.8. The first-order valence-corrected chi connectivity index (χ1v) is 9.07. The van der Waals surface area contributed by atoms with Crippen molar-refractivity contribution >= 4 is 11.6 Å². The van der Waals surface area contributed by atoms with Gasteiger partial charge in [0.1, 0.15) is 0 Å². The van der Waals surface area contributed by atoms with Crippen LogP contribution in [-0.2, 0) is 23.7 Å². The van der Waals surface area contributed by atoms with E-state index >= 15 is 0 Å². The maximum absolute atomic E-state index is 11.8. The van der Waals surface area contributed by atoms with Gasteiger partial charge in [-0.25, -0.2) is 0 Å². The van der Waals surface area contributed by atoms with Gasteiger partial charge in [0, 0.05) is 23.7 Å². The normalized spacial score (nSPS) is 10.0. The number of nitriles is 1. The van der Waals surface area contributed by atoms with Gasteiger partial charge in [0.25, 0.3) is 0 Å². The summed E-state index contributed by atoms with van der Waals surface area (Å²) in [5.41, 5.74) is 6.68. The third-order valence-electron chi connectivity index (χ3n) is 3.28. The Morgan fingerprint density at radius 2 is 1.43 bits per heavy atom. The SMILES string of the molecule is N#CC#Cc1ccc(NC(=O)CCOCCOCCOCCOCCN)cc1. The van der Waals surface area contributed by atoms with E-state index in [0.29, 0.717) is 70.7 Å². The summed E-state index contributed by atoms with van der Waals surface area (Å²) < 4.78 is 21.2. The van der Waals surface area contributed by atoms with Crippen LogP contribution in [0, 0.1) is 23.2 Å². The molecule has 0 unspecified atom stereocenters. The molecular weight excluding hydrogens is 362 g/mol. The molecule has 0 aliphatic carbocycles. The minimum Gasteiger partial charge on any atom is -0.379 e. The van der Waals surface area contributed by atoms with E-state index in [0.717, 1.165) is 0 Å². The van der Waals surface area contributed by atoms with Gasteiger partial charge in [-0.05, 0) is 24.3 Å². The van der Waals surface area contributed by atoms with E-state index in [9.17, 15) is 4.79 Å². The van der Waals surface area contributed by atoms with Crippen molar-refractivity contribution in [1.29, 1.82) is 5.26 Å². The monoisotopic (exact) mass is 389 g/mol. The first-order chi connectivity index (χ1) is 13.8. The van der Waals surface area contributed by atoms with Gasteiger partial charge >= 0.3 is 0 Å². The molecule has 1 aromatic carbocycles. The number of benzene rings is 1. The second-order valence-corrected chi connectivity index (χ2v) is 5.48. The van der Waals surface area contributed by atoms with Crippen LogP contribution >= 0.6 is 0 Å². The molecule has 0 saturated carbocycles. The second-order valence-electron chi connectivity index (χ2n) is 5.48. The Morgan fingerprint density at radius 1 is 0.893 bits per heavy atom. The summed E-state index contributed by atoms with van der Waals surface area (Å²) in [6.45, 7) is 4.25. The molecule has 1 rings (SSSR count). The van der Waals surface area contributed by atoms with Crippen molar-refractivity contribution in [3.63, 3.8) is 0 Å². The molecule has 28 heavy (non-hydrogen) atoms. The molecule has 0 heterocycles. The summed E-state index contributed by atoms with van der Waals surface area (Å²) >= 11 is 0. The van der Waals surface area contributed by atoms with Crippen LogP contribution in [0.3, 0.4) is 0 Å². The molecule has 0 aliphatic heterocycles. The Kier molecular flexibility index (Phi) is 14.1. The highest BCUT2D eigenvalue weighted by atomic mass is 16.6. The van der Waals surface area contributed by atoms with Crippen LogP contribution in [0.1, 0.15) is 12.0 Å². The molecule has 1 amide bonds. The zero-order valence-corrected chi connectivity index (χ0v) is 15.9. The maximum Gasteiger partial charge on any atom is 0.226 e. The van der Waals surface area contributed by atoms with Crippen molar-refractivity contribution in [3.05, 3.63) is 29.8 Å². The van der Waals surface area contributed by atoms with Crippen LogP contribution < -0.4 is 11.1 Å². The quantitative estimate of drug-likeness (QED) is 0.338. The predicted molar refractivity (Wildman–Crippen MR) is 105 cm³/mol. The average Bonchev–Trinajstić information content (AvgIpc) is 2.71. The molecule has 8 heteroatoms. The Bertz CT molecular complexity index is 647. The molecule has 0 aromatic heterocycles. The van der Waals surface area contributed by atoms with Gasteiger partial charge in [-0.15, -0.1) is 0 Å². The largest absolute Gasteiger partial charge is 0.379 e. The van der Waals surface area contributed by atoms with Gasteiger partial charge in [-0.3, -0.25) is 4.79 Å².